The van der Waals surface area contributed by atoms with E-state index in [1.165, 1.54) is 18.4 Å². The van der Waals surface area contributed by atoms with E-state index in [0.29, 0.717) is 0 Å². The van der Waals surface area contributed by atoms with Gasteiger partial charge in [0.15, 0.2) is 5.76 Å². The third kappa shape index (κ3) is 4.19. The third-order valence-corrected chi connectivity index (χ3v) is 6.90. The van der Waals surface area contributed by atoms with Gasteiger partial charge in [-0.15, -0.1) is 11.3 Å². The first-order chi connectivity index (χ1) is 14.4. The van der Waals surface area contributed by atoms with Crippen molar-refractivity contribution >= 4 is 22.2 Å². The second kappa shape index (κ2) is 8.71. The summed E-state index contributed by atoms with van der Waals surface area (Å²) >= 11 is 1.57. The lowest BCUT2D eigenvalue weighted by molar-refractivity contribution is 0.0996. The number of amides is 1. The molecule has 3 heterocycles. The van der Waals surface area contributed by atoms with E-state index in [4.69, 9.17) is 4.42 Å². The molecule has 1 aromatic carbocycles. The molecule has 2 aromatic heterocycles. The summed E-state index contributed by atoms with van der Waals surface area (Å²) in [6.45, 7) is 7.90. The van der Waals surface area contributed by atoms with Gasteiger partial charge < -0.3 is 14.6 Å². The summed E-state index contributed by atoms with van der Waals surface area (Å²) in [5.41, 5.74) is 3.26. The molecule has 0 bridgehead atoms. The van der Waals surface area contributed by atoms with Crippen LogP contribution in [0, 0.1) is 19.7 Å². The number of nitrogens with one attached hydrogen (secondary N) is 1. The lowest BCUT2D eigenvalue weighted by Gasteiger charge is -2.39. The number of aryl methyl sites for hydroxylation is 1. The van der Waals surface area contributed by atoms with Crippen LogP contribution in [0.5, 0.6) is 0 Å². The largest absolute Gasteiger partial charge is 0.459 e. The van der Waals surface area contributed by atoms with E-state index in [1.54, 1.807) is 23.5 Å². The first kappa shape index (κ1) is 20.8. The molecule has 0 unspecified atom stereocenters. The number of piperazine rings is 1. The number of nitrogens with zero attached hydrogens (tertiary/aromatic N) is 2. The summed E-state index contributed by atoms with van der Waals surface area (Å²) in [5.74, 6) is -0.234. The minimum absolute atomic E-state index is 0.0591. The monoisotopic (exact) mass is 427 g/mol. The zero-order chi connectivity index (χ0) is 21.3. The zero-order valence-electron chi connectivity index (χ0n) is 17.4. The topological polar surface area (TPSA) is 48.7 Å². The molecule has 4 rings (SSSR count). The van der Waals surface area contributed by atoms with Gasteiger partial charge in [-0.1, -0.05) is 12.1 Å². The summed E-state index contributed by atoms with van der Waals surface area (Å²) in [6.07, 6.45) is 1.49. The van der Waals surface area contributed by atoms with Gasteiger partial charge in [-0.2, -0.15) is 0 Å². The molecule has 1 aliphatic rings. The van der Waals surface area contributed by atoms with Gasteiger partial charge >= 0.3 is 0 Å². The Bertz CT molecular complexity index is 1010. The van der Waals surface area contributed by atoms with Gasteiger partial charge in [-0.3, -0.25) is 9.69 Å². The Hall–Kier alpha value is -2.48. The number of carbonyl (C=O) groups is 1. The van der Waals surface area contributed by atoms with Crippen molar-refractivity contribution in [1.29, 1.82) is 0 Å². The van der Waals surface area contributed by atoms with E-state index in [1.807, 2.05) is 12.1 Å². The first-order valence-electron chi connectivity index (χ1n) is 10.1. The molecule has 1 fully saturated rings. The van der Waals surface area contributed by atoms with Crippen molar-refractivity contribution in [2.24, 2.45) is 0 Å². The van der Waals surface area contributed by atoms with E-state index in [0.717, 1.165) is 52.7 Å². The maximum absolute atomic E-state index is 13.7. The summed E-state index contributed by atoms with van der Waals surface area (Å²) in [6, 6.07) is 10.0. The fourth-order valence-corrected chi connectivity index (χ4v) is 5.01. The Kier molecular flexibility index (Phi) is 6.04. The highest BCUT2D eigenvalue weighted by Gasteiger charge is 2.31. The molecule has 158 valence electrons. The molecule has 1 aliphatic heterocycles. The summed E-state index contributed by atoms with van der Waals surface area (Å²) in [4.78, 5) is 18.6. The number of thiophene rings is 1. The highest BCUT2D eigenvalue weighted by Crippen LogP contribution is 2.42. The lowest BCUT2D eigenvalue weighted by Crippen LogP contribution is -2.46. The average Bonchev–Trinajstić information content (AvgIpc) is 3.36. The molecule has 1 amide bonds. The van der Waals surface area contributed by atoms with Crippen molar-refractivity contribution < 1.29 is 13.6 Å². The van der Waals surface area contributed by atoms with Crippen LogP contribution in [-0.4, -0.2) is 48.9 Å². The fraction of sp³-hybridized carbons (Fsp3) is 0.348. The number of benzene rings is 1. The summed E-state index contributed by atoms with van der Waals surface area (Å²) in [7, 11) is 2.12. The molecule has 1 saturated heterocycles. The van der Waals surface area contributed by atoms with Gasteiger partial charge in [0.25, 0.3) is 5.91 Å². The fourth-order valence-electron chi connectivity index (χ4n) is 3.92. The van der Waals surface area contributed by atoms with Crippen LogP contribution in [0.15, 0.2) is 47.1 Å². The molecule has 1 N–H and O–H groups in total. The predicted octanol–water partition coefficient (Wildman–Crippen LogP) is 4.69. The molecule has 0 radical (unpaired) electrons. The van der Waals surface area contributed by atoms with Crippen molar-refractivity contribution in [1.82, 2.24) is 9.80 Å². The highest BCUT2D eigenvalue weighted by molar-refractivity contribution is 7.16. The van der Waals surface area contributed by atoms with E-state index in [-0.39, 0.29) is 23.5 Å². The van der Waals surface area contributed by atoms with Crippen molar-refractivity contribution in [3.63, 3.8) is 0 Å². The number of furan rings is 1. The molecule has 0 aliphatic carbocycles. The Morgan fingerprint density at radius 2 is 1.83 bits per heavy atom. The predicted molar refractivity (Wildman–Crippen MR) is 118 cm³/mol. The van der Waals surface area contributed by atoms with Gasteiger partial charge in [0, 0.05) is 36.6 Å². The van der Waals surface area contributed by atoms with E-state index >= 15 is 0 Å². The lowest BCUT2D eigenvalue weighted by atomic mass is 9.94. The molecule has 3 aromatic rings. The zero-order valence-corrected chi connectivity index (χ0v) is 18.3. The minimum atomic E-state index is -0.265. The average molecular weight is 428 g/mol. The number of rotatable bonds is 5. The molecule has 30 heavy (non-hydrogen) atoms. The Morgan fingerprint density at radius 3 is 2.47 bits per heavy atom. The quantitative estimate of drug-likeness (QED) is 0.642. The van der Waals surface area contributed by atoms with Crippen LogP contribution >= 0.6 is 11.3 Å². The number of hydrogen-bond acceptors (Lipinski definition) is 5. The Morgan fingerprint density at radius 1 is 1.13 bits per heavy atom. The minimum Gasteiger partial charge on any atom is -0.459 e. The van der Waals surface area contributed by atoms with Crippen LogP contribution in [0.25, 0.3) is 0 Å². The molecular formula is C23H26FN3O2S. The Labute approximate surface area is 180 Å². The van der Waals surface area contributed by atoms with Crippen LogP contribution in [0.1, 0.15) is 38.2 Å². The standard InChI is InChI=1S/C23H26FN3O2S/c1-15-16(2)30-23(25-22(28)19-5-4-14-29-19)20(15)21(17-6-8-18(24)9-7-17)27-12-10-26(3)11-13-27/h4-9,14,21H,10-13H2,1-3H3,(H,25,28)/t21-/m0/s1. The van der Waals surface area contributed by atoms with Crippen molar-refractivity contribution in [3.05, 3.63) is 75.8 Å². The van der Waals surface area contributed by atoms with Crippen LogP contribution in [-0.2, 0) is 0 Å². The molecule has 0 saturated carbocycles. The van der Waals surface area contributed by atoms with Crippen LogP contribution in [0.4, 0.5) is 9.39 Å². The second-order valence-electron chi connectivity index (χ2n) is 7.75. The smallest absolute Gasteiger partial charge is 0.291 e. The van der Waals surface area contributed by atoms with Gasteiger partial charge in [-0.05, 0) is 56.3 Å². The first-order valence-corrected chi connectivity index (χ1v) is 10.9. The SMILES string of the molecule is Cc1sc(NC(=O)c2ccco2)c([C@H](c2ccc(F)cc2)N2CCN(C)CC2)c1C. The van der Waals surface area contributed by atoms with Gasteiger partial charge in [-0.25, -0.2) is 4.39 Å². The van der Waals surface area contributed by atoms with Crippen molar-refractivity contribution in [3.8, 4) is 0 Å². The number of carbonyl (C=O) groups excluding carboxylic acids is 1. The molecule has 7 heteroatoms. The van der Waals surface area contributed by atoms with Crippen LogP contribution in [0.2, 0.25) is 0 Å². The van der Waals surface area contributed by atoms with Gasteiger partial charge in [0.05, 0.1) is 12.3 Å². The number of hydrogen-bond donors (Lipinski definition) is 1. The summed E-state index contributed by atoms with van der Waals surface area (Å²) in [5, 5.41) is 3.88. The number of likely N-dealkylation sites (N-methyl/N-ethyl adjacent to an activating group) is 1. The Balaban J connectivity index is 1.76. The maximum atomic E-state index is 13.7. The van der Waals surface area contributed by atoms with Crippen molar-refractivity contribution in [2.45, 2.75) is 19.9 Å². The van der Waals surface area contributed by atoms with E-state index in [9.17, 15) is 9.18 Å². The molecular weight excluding hydrogens is 401 g/mol. The second-order valence-corrected chi connectivity index (χ2v) is 8.98. The van der Waals surface area contributed by atoms with E-state index in [2.05, 4.69) is 36.0 Å². The normalized spacial score (nSPS) is 16.5. The van der Waals surface area contributed by atoms with Crippen molar-refractivity contribution in [2.75, 3.05) is 38.5 Å². The molecule has 0 spiro atoms. The summed E-state index contributed by atoms with van der Waals surface area (Å²) < 4.78 is 18.9. The number of anilines is 1. The van der Waals surface area contributed by atoms with Gasteiger partial charge in [0.1, 0.15) is 10.8 Å². The molecule has 1 atom stereocenters. The third-order valence-electron chi connectivity index (χ3n) is 5.77. The van der Waals surface area contributed by atoms with Crippen LogP contribution in [0.3, 0.4) is 0 Å². The highest BCUT2D eigenvalue weighted by atomic mass is 32.1. The maximum Gasteiger partial charge on any atom is 0.291 e. The van der Waals surface area contributed by atoms with Crippen LogP contribution < -0.4 is 5.32 Å². The number of halogens is 1. The molecule has 5 nitrogen and oxygen atoms in total. The van der Waals surface area contributed by atoms with E-state index < -0.39 is 0 Å². The van der Waals surface area contributed by atoms with Gasteiger partial charge in [0.2, 0.25) is 0 Å².